The number of hydrogen-bond acceptors (Lipinski definition) is 3. The Kier molecular flexibility index (Phi) is 3.13. The van der Waals surface area contributed by atoms with Crippen molar-refractivity contribution in [1.82, 2.24) is 9.80 Å². The molecule has 0 aliphatic carbocycles. The van der Waals surface area contributed by atoms with Crippen LogP contribution >= 0.6 is 0 Å². The molecule has 4 heteroatoms. The number of carbonyl (C=O) groups is 2. The summed E-state index contributed by atoms with van der Waals surface area (Å²) in [5, 5.41) is 0. The third kappa shape index (κ3) is 1.91. The maximum Gasteiger partial charge on any atom is 0.234 e. The van der Waals surface area contributed by atoms with Crippen molar-refractivity contribution in [3.63, 3.8) is 0 Å². The minimum absolute atomic E-state index is 0.0123. The molecule has 0 spiro atoms. The summed E-state index contributed by atoms with van der Waals surface area (Å²) in [4.78, 5) is 29.1. The minimum Gasteiger partial charge on any atom is -0.287 e. The normalized spacial score (nSPS) is 30.0. The third-order valence-corrected chi connectivity index (χ3v) is 6.15. The fourth-order valence-electron chi connectivity index (χ4n) is 5.09. The van der Waals surface area contributed by atoms with Crippen molar-refractivity contribution in [3.8, 4) is 0 Å². The predicted octanol–water partition coefficient (Wildman–Crippen LogP) is 2.57. The number of carbonyl (C=O) groups excluding carboxylic acids is 2. The van der Waals surface area contributed by atoms with Crippen LogP contribution in [0.4, 0.5) is 0 Å². The predicted molar refractivity (Wildman–Crippen MR) is 93.5 cm³/mol. The Labute approximate surface area is 147 Å². The monoisotopic (exact) mass is 332 g/mol. The van der Waals surface area contributed by atoms with Crippen LogP contribution in [0, 0.1) is 11.8 Å². The first-order valence-electron chi connectivity index (χ1n) is 8.88. The van der Waals surface area contributed by atoms with E-state index in [4.69, 9.17) is 0 Å². The van der Waals surface area contributed by atoms with Crippen molar-refractivity contribution in [1.29, 1.82) is 0 Å². The molecule has 0 aromatic heterocycles. The van der Waals surface area contributed by atoms with Gasteiger partial charge in [0.05, 0.1) is 11.8 Å². The quantitative estimate of drug-likeness (QED) is 0.811. The zero-order valence-corrected chi connectivity index (χ0v) is 14.1. The maximum absolute atomic E-state index is 12.7. The molecule has 3 heterocycles. The van der Waals surface area contributed by atoms with Gasteiger partial charge in [0.2, 0.25) is 11.8 Å². The summed E-state index contributed by atoms with van der Waals surface area (Å²) in [6, 6.07) is 18.8. The van der Waals surface area contributed by atoms with Gasteiger partial charge in [0, 0.05) is 25.7 Å². The van der Waals surface area contributed by atoms with Gasteiger partial charge >= 0.3 is 0 Å². The number of rotatable bonds is 3. The standard InChI is InChI=1S/C21H20N2O2/c1-22-20(24)16-17(21(22)25)19-15-10-6-5-9-14(15)18(16)23(19)12-11-13-7-3-2-4-8-13/h2-10,16-19H,11-12H2,1H3/t16-,17+,18-,19+. The lowest BCUT2D eigenvalue weighted by molar-refractivity contribution is -0.139. The van der Waals surface area contributed by atoms with Gasteiger partial charge < -0.3 is 0 Å². The zero-order valence-electron chi connectivity index (χ0n) is 14.1. The lowest BCUT2D eigenvalue weighted by Crippen LogP contribution is -2.34. The Bertz CT molecular complexity index is 814. The molecule has 0 saturated carbocycles. The molecule has 2 bridgehead atoms. The molecule has 5 rings (SSSR count). The van der Waals surface area contributed by atoms with Crippen LogP contribution in [0.1, 0.15) is 28.8 Å². The van der Waals surface area contributed by atoms with Crippen molar-refractivity contribution in [2.45, 2.75) is 18.5 Å². The largest absolute Gasteiger partial charge is 0.287 e. The molecule has 2 aromatic rings. The number of benzene rings is 2. The van der Waals surface area contributed by atoms with E-state index < -0.39 is 0 Å². The molecule has 4 atom stereocenters. The summed E-state index contributed by atoms with van der Waals surface area (Å²) < 4.78 is 0. The van der Waals surface area contributed by atoms with Crippen LogP contribution in [0.5, 0.6) is 0 Å². The number of imide groups is 1. The third-order valence-electron chi connectivity index (χ3n) is 6.15. The zero-order chi connectivity index (χ0) is 17.1. The van der Waals surface area contributed by atoms with E-state index in [0.29, 0.717) is 0 Å². The number of likely N-dealkylation sites (tertiary alicyclic amines) is 1. The van der Waals surface area contributed by atoms with Crippen LogP contribution in [0.3, 0.4) is 0 Å². The first-order chi connectivity index (χ1) is 12.2. The Morgan fingerprint density at radius 1 is 0.800 bits per heavy atom. The highest BCUT2D eigenvalue weighted by atomic mass is 16.2. The fourth-order valence-corrected chi connectivity index (χ4v) is 5.09. The van der Waals surface area contributed by atoms with Crippen molar-refractivity contribution < 1.29 is 9.59 Å². The van der Waals surface area contributed by atoms with Crippen LogP contribution in [0.15, 0.2) is 54.6 Å². The van der Waals surface area contributed by atoms with Crippen LogP contribution in [0.2, 0.25) is 0 Å². The Morgan fingerprint density at radius 3 is 1.88 bits per heavy atom. The van der Waals surface area contributed by atoms with Gasteiger partial charge in [-0.25, -0.2) is 0 Å². The van der Waals surface area contributed by atoms with Gasteiger partial charge in [-0.05, 0) is 23.1 Å². The summed E-state index contributed by atoms with van der Waals surface area (Å²) in [7, 11) is 1.63. The topological polar surface area (TPSA) is 40.6 Å². The average molecular weight is 332 g/mol. The molecule has 2 fully saturated rings. The summed E-state index contributed by atoms with van der Waals surface area (Å²) in [5.41, 5.74) is 3.76. The summed E-state index contributed by atoms with van der Waals surface area (Å²) in [5.74, 6) is -0.454. The number of amides is 2. The van der Waals surface area contributed by atoms with Crippen molar-refractivity contribution >= 4 is 11.8 Å². The second kappa shape index (κ2) is 5.27. The smallest absolute Gasteiger partial charge is 0.234 e. The van der Waals surface area contributed by atoms with Gasteiger partial charge in [-0.15, -0.1) is 0 Å². The van der Waals surface area contributed by atoms with Crippen LogP contribution < -0.4 is 0 Å². The molecular weight excluding hydrogens is 312 g/mol. The number of fused-ring (bicyclic) bond motifs is 8. The summed E-state index contributed by atoms with van der Waals surface area (Å²) >= 11 is 0. The van der Waals surface area contributed by atoms with Crippen molar-refractivity contribution in [3.05, 3.63) is 71.3 Å². The number of hydrogen-bond donors (Lipinski definition) is 0. The molecule has 3 aliphatic rings. The lowest BCUT2D eigenvalue weighted by Gasteiger charge is -2.25. The van der Waals surface area contributed by atoms with E-state index in [2.05, 4.69) is 41.3 Å². The van der Waals surface area contributed by atoms with E-state index in [9.17, 15) is 9.59 Å². The SMILES string of the molecule is CN1C(=O)[C@@H]2[C@H](C1=O)[C@@H]1c3ccccc3[C@H]2N1CCc1ccccc1. The molecule has 0 radical (unpaired) electrons. The van der Waals surface area contributed by atoms with E-state index in [1.54, 1.807) is 7.05 Å². The van der Waals surface area contributed by atoms with Gasteiger partial charge in [-0.1, -0.05) is 54.6 Å². The van der Waals surface area contributed by atoms with Gasteiger partial charge in [-0.3, -0.25) is 19.4 Å². The Balaban J connectivity index is 1.52. The molecule has 0 N–H and O–H groups in total. The average Bonchev–Trinajstić information content (AvgIpc) is 3.23. The van der Waals surface area contributed by atoms with Gasteiger partial charge in [0.15, 0.2) is 0 Å². The Morgan fingerprint density at radius 2 is 1.32 bits per heavy atom. The molecular formula is C21H20N2O2. The second-order valence-corrected chi connectivity index (χ2v) is 7.28. The minimum atomic E-state index is -0.215. The highest BCUT2D eigenvalue weighted by molar-refractivity contribution is 6.06. The van der Waals surface area contributed by atoms with Gasteiger partial charge in [0.25, 0.3) is 0 Å². The first kappa shape index (κ1) is 14.8. The molecule has 2 aromatic carbocycles. The van der Waals surface area contributed by atoms with Crippen LogP contribution in [0.25, 0.3) is 0 Å². The second-order valence-electron chi connectivity index (χ2n) is 7.28. The van der Waals surface area contributed by atoms with Crippen molar-refractivity contribution in [2.24, 2.45) is 11.8 Å². The summed E-state index contributed by atoms with van der Waals surface area (Å²) in [6.45, 7) is 0.866. The molecule has 3 aliphatic heterocycles. The van der Waals surface area contributed by atoms with Crippen molar-refractivity contribution in [2.75, 3.05) is 13.6 Å². The Hall–Kier alpha value is -2.46. The molecule has 2 saturated heterocycles. The maximum atomic E-state index is 12.7. The highest BCUT2D eigenvalue weighted by Crippen LogP contribution is 2.61. The van der Waals surface area contributed by atoms with Gasteiger partial charge in [0.1, 0.15) is 0 Å². The molecule has 4 nitrogen and oxygen atoms in total. The molecule has 126 valence electrons. The lowest BCUT2D eigenvalue weighted by atomic mass is 9.77. The van der Waals surface area contributed by atoms with E-state index >= 15 is 0 Å². The van der Waals surface area contributed by atoms with E-state index in [1.165, 1.54) is 21.6 Å². The highest BCUT2D eigenvalue weighted by Gasteiger charge is 2.65. The van der Waals surface area contributed by atoms with E-state index in [1.807, 2.05) is 18.2 Å². The number of nitrogens with zero attached hydrogens (tertiary/aromatic N) is 2. The van der Waals surface area contributed by atoms with Crippen LogP contribution in [-0.4, -0.2) is 35.2 Å². The van der Waals surface area contributed by atoms with E-state index in [-0.39, 0.29) is 35.7 Å². The van der Waals surface area contributed by atoms with Crippen LogP contribution in [-0.2, 0) is 16.0 Å². The molecule has 2 amide bonds. The molecule has 0 unspecified atom stereocenters. The summed E-state index contributed by atoms with van der Waals surface area (Å²) in [6.07, 6.45) is 0.930. The van der Waals surface area contributed by atoms with E-state index in [0.717, 1.165) is 13.0 Å². The first-order valence-corrected chi connectivity index (χ1v) is 8.88. The fraction of sp³-hybridized carbons (Fsp3) is 0.333. The van der Waals surface area contributed by atoms with Gasteiger partial charge in [-0.2, -0.15) is 0 Å². The molecule has 25 heavy (non-hydrogen) atoms.